The third-order valence-electron chi connectivity index (χ3n) is 6.42. The molecule has 2 atom stereocenters. The van der Waals surface area contributed by atoms with Gasteiger partial charge in [-0.05, 0) is 0 Å². The number of esters is 1. The first-order valence-electron chi connectivity index (χ1n) is 11.1. The molecule has 0 saturated carbocycles. The molecule has 0 amide bonds. The van der Waals surface area contributed by atoms with Crippen molar-refractivity contribution in [2.45, 2.75) is 97.9 Å². The van der Waals surface area contributed by atoms with Gasteiger partial charge in [-0.25, -0.2) is 0 Å². The summed E-state index contributed by atoms with van der Waals surface area (Å²) in [5, 5.41) is 0. The Bertz CT molecular complexity index is 694. The maximum absolute atomic E-state index is 13.7. The van der Waals surface area contributed by atoms with Crippen molar-refractivity contribution in [3.8, 4) is 0 Å². The fourth-order valence-electron chi connectivity index (χ4n) is 4.72. The van der Waals surface area contributed by atoms with Gasteiger partial charge >= 0.3 is 174 Å². The van der Waals surface area contributed by atoms with Crippen LogP contribution in [0.25, 0.3) is 0 Å². The maximum atomic E-state index is 13.7. The van der Waals surface area contributed by atoms with Crippen LogP contribution in [0.15, 0.2) is 11.0 Å². The molecule has 158 valence electrons. The zero-order valence-corrected chi connectivity index (χ0v) is 21.3. The van der Waals surface area contributed by atoms with E-state index in [4.69, 9.17) is 9.72 Å². The number of unbranched alkanes of at least 4 members (excludes halogenated alkanes) is 3. The predicted molar refractivity (Wildman–Crippen MR) is 117 cm³/mol. The van der Waals surface area contributed by atoms with E-state index in [9.17, 15) is 9.59 Å². The van der Waals surface area contributed by atoms with E-state index >= 15 is 0 Å². The summed E-state index contributed by atoms with van der Waals surface area (Å²) >= 11 is -2.90. The van der Waals surface area contributed by atoms with Crippen LogP contribution in [-0.4, -0.2) is 41.0 Å². The molecule has 2 rings (SSSR count). The standard InChI is InChI=1S/C10H11N2O3.3C4H9.Sn/c1-6-5-7(10(14)15-2)12-8(13)3-4-11-9(6)12;3*1-3-4-2;/h4,6-7H,5H2,1-2H3;3*1,3-4H2,2H3;/t6-,7+;;;;/m1..../s1. The Kier molecular flexibility index (Phi) is 9.03. The van der Waals surface area contributed by atoms with Crippen LogP contribution in [-0.2, 0) is 9.53 Å². The summed E-state index contributed by atoms with van der Waals surface area (Å²) in [7, 11) is 1.40. The number of methoxy groups -OCH3 is 1. The number of nitrogens with zero attached hydrogens (tertiary/aromatic N) is 2. The summed E-state index contributed by atoms with van der Waals surface area (Å²) in [5.74, 6) is 0.548. The Hall–Kier alpha value is -0.851. The molecule has 0 saturated heterocycles. The first-order chi connectivity index (χ1) is 13.5. The minimum atomic E-state index is -2.90. The van der Waals surface area contributed by atoms with Crippen molar-refractivity contribution in [2.24, 2.45) is 0 Å². The molecule has 1 aromatic rings. The van der Waals surface area contributed by atoms with Crippen LogP contribution in [0.2, 0.25) is 13.3 Å². The zero-order chi connectivity index (χ0) is 20.7. The molecule has 2 heterocycles. The molecule has 0 bridgehead atoms. The Labute approximate surface area is 174 Å². The van der Waals surface area contributed by atoms with Gasteiger partial charge in [0.15, 0.2) is 0 Å². The number of carbonyl (C=O) groups excluding carboxylic acids is 1. The number of ether oxygens (including phenoxy) is 1. The van der Waals surface area contributed by atoms with Crippen molar-refractivity contribution in [3.05, 3.63) is 22.4 Å². The van der Waals surface area contributed by atoms with Crippen molar-refractivity contribution < 1.29 is 9.53 Å². The normalized spacial score (nSPS) is 18.9. The summed E-state index contributed by atoms with van der Waals surface area (Å²) in [4.78, 5) is 30.9. The third kappa shape index (κ3) is 4.82. The topological polar surface area (TPSA) is 61.2 Å². The molecule has 0 aliphatic carbocycles. The SMILES string of the molecule is CCC[CH2][Sn]([CH2]CCC)([CH2]CCC)[c]1cnc2n(c1=O)[C@H](C(=O)OC)C[C@H]2C. The van der Waals surface area contributed by atoms with Crippen molar-refractivity contribution in [3.63, 3.8) is 0 Å². The third-order valence-corrected chi connectivity index (χ3v) is 21.9. The second-order valence-electron chi connectivity index (χ2n) is 8.47. The van der Waals surface area contributed by atoms with Crippen molar-refractivity contribution in [2.75, 3.05) is 7.11 Å². The summed E-state index contributed by atoms with van der Waals surface area (Å²) in [6, 6.07) is -0.512. The van der Waals surface area contributed by atoms with Gasteiger partial charge in [0, 0.05) is 0 Å². The number of hydrogen-bond acceptors (Lipinski definition) is 4. The average Bonchev–Trinajstić information content (AvgIpc) is 3.05. The van der Waals surface area contributed by atoms with E-state index in [1.165, 1.54) is 58.9 Å². The van der Waals surface area contributed by atoms with Gasteiger partial charge in [-0.2, -0.15) is 0 Å². The predicted octanol–water partition coefficient (Wildman–Crippen LogP) is 4.52. The molecular formula is C22H38N2O3Sn. The summed E-state index contributed by atoms with van der Waals surface area (Å²) in [6.07, 6.45) is 9.63. The van der Waals surface area contributed by atoms with E-state index in [0.717, 1.165) is 9.40 Å². The zero-order valence-electron chi connectivity index (χ0n) is 18.4. The van der Waals surface area contributed by atoms with Gasteiger partial charge < -0.3 is 0 Å². The van der Waals surface area contributed by atoms with E-state index in [1.54, 1.807) is 4.57 Å². The fourth-order valence-corrected chi connectivity index (χ4v) is 20.6. The Morgan fingerprint density at radius 3 is 2.14 bits per heavy atom. The first kappa shape index (κ1) is 23.4. The van der Waals surface area contributed by atoms with Crippen molar-refractivity contribution in [1.29, 1.82) is 0 Å². The van der Waals surface area contributed by atoms with Gasteiger partial charge in [-0.1, -0.05) is 0 Å². The second-order valence-corrected chi connectivity index (χ2v) is 21.6. The van der Waals surface area contributed by atoms with Crippen LogP contribution in [0.1, 0.15) is 90.4 Å². The molecule has 1 aliphatic rings. The number of aromatic nitrogens is 2. The molecule has 1 aromatic heterocycles. The van der Waals surface area contributed by atoms with E-state index < -0.39 is 24.4 Å². The summed E-state index contributed by atoms with van der Waals surface area (Å²) in [5.41, 5.74) is 0.0730. The van der Waals surface area contributed by atoms with E-state index in [2.05, 4.69) is 20.8 Å². The molecule has 0 radical (unpaired) electrons. The van der Waals surface area contributed by atoms with Crippen LogP contribution in [0, 0.1) is 0 Å². The average molecular weight is 497 g/mol. The van der Waals surface area contributed by atoms with E-state index in [1.807, 2.05) is 13.1 Å². The van der Waals surface area contributed by atoms with Gasteiger partial charge in [-0.3, -0.25) is 0 Å². The van der Waals surface area contributed by atoms with Crippen molar-refractivity contribution >= 4 is 27.9 Å². The molecule has 6 heteroatoms. The van der Waals surface area contributed by atoms with Gasteiger partial charge in [-0.15, -0.1) is 0 Å². The second kappa shape index (κ2) is 10.8. The monoisotopic (exact) mass is 498 g/mol. The van der Waals surface area contributed by atoms with Crippen LogP contribution in [0.4, 0.5) is 0 Å². The van der Waals surface area contributed by atoms with Crippen LogP contribution >= 0.6 is 0 Å². The first-order valence-corrected chi connectivity index (χ1v) is 18.6. The molecule has 0 spiro atoms. The minimum absolute atomic E-state index is 0.0730. The molecule has 28 heavy (non-hydrogen) atoms. The Balaban J connectivity index is 2.59. The van der Waals surface area contributed by atoms with Gasteiger partial charge in [0.25, 0.3) is 0 Å². The number of carbonyl (C=O) groups is 1. The van der Waals surface area contributed by atoms with E-state index in [0.29, 0.717) is 6.42 Å². The summed E-state index contributed by atoms with van der Waals surface area (Å²) < 4.78 is 11.4. The molecule has 1 aliphatic heterocycles. The Morgan fingerprint density at radius 1 is 1.14 bits per heavy atom. The van der Waals surface area contributed by atoms with Gasteiger partial charge in [0.05, 0.1) is 0 Å². The van der Waals surface area contributed by atoms with Crippen LogP contribution < -0.4 is 9.14 Å². The quantitative estimate of drug-likeness (QED) is 0.333. The van der Waals surface area contributed by atoms with Gasteiger partial charge in [0.1, 0.15) is 0 Å². The van der Waals surface area contributed by atoms with Crippen LogP contribution in [0.5, 0.6) is 0 Å². The van der Waals surface area contributed by atoms with E-state index in [-0.39, 0.29) is 17.4 Å². The number of fused-ring (bicyclic) bond motifs is 1. The van der Waals surface area contributed by atoms with Crippen molar-refractivity contribution in [1.82, 2.24) is 9.55 Å². The molecule has 0 fully saturated rings. The van der Waals surface area contributed by atoms with Crippen LogP contribution in [0.3, 0.4) is 0 Å². The molecule has 5 nitrogen and oxygen atoms in total. The molecule has 0 N–H and O–H groups in total. The number of hydrogen-bond donors (Lipinski definition) is 0. The van der Waals surface area contributed by atoms with Gasteiger partial charge in [0.2, 0.25) is 0 Å². The number of rotatable bonds is 11. The fraction of sp³-hybridized carbons (Fsp3) is 0.773. The molecular weight excluding hydrogens is 459 g/mol. The molecule has 0 unspecified atom stereocenters. The Morgan fingerprint density at radius 2 is 1.68 bits per heavy atom. The molecule has 0 aromatic carbocycles. The summed E-state index contributed by atoms with van der Waals surface area (Å²) in [6.45, 7) is 8.75.